The molecule has 0 spiro atoms. The van der Waals surface area contributed by atoms with Crippen molar-refractivity contribution in [2.24, 2.45) is 0 Å². The van der Waals surface area contributed by atoms with E-state index in [1.54, 1.807) is 6.92 Å². The summed E-state index contributed by atoms with van der Waals surface area (Å²) in [5, 5.41) is 2.65. The third-order valence-electron chi connectivity index (χ3n) is 5.00. The molecule has 1 aliphatic carbocycles. The molecule has 1 aromatic carbocycles. The molecule has 1 heterocycles. The number of rotatable bonds is 5. The number of halogens is 4. The van der Waals surface area contributed by atoms with Crippen LogP contribution in [0.5, 0.6) is 0 Å². The molecule has 156 valence electrons. The zero-order valence-electron chi connectivity index (χ0n) is 15.2. The highest BCUT2D eigenvalue weighted by molar-refractivity contribution is 7.89. The maximum Gasteiger partial charge on any atom is 0.416 e. The minimum Gasteiger partial charge on any atom is -0.352 e. The van der Waals surface area contributed by atoms with E-state index in [0.717, 1.165) is 29.3 Å². The fourth-order valence-corrected chi connectivity index (χ4v) is 4.99. The highest BCUT2D eigenvalue weighted by Crippen LogP contribution is 2.34. The van der Waals surface area contributed by atoms with Gasteiger partial charge in [-0.25, -0.2) is 8.42 Å². The zero-order valence-corrected chi connectivity index (χ0v) is 16.7. The van der Waals surface area contributed by atoms with E-state index in [1.807, 2.05) is 4.90 Å². The summed E-state index contributed by atoms with van der Waals surface area (Å²) < 4.78 is 65.6. The van der Waals surface area contributed by atoms with Crippen LogP contribution in [0, 0.1) is 0 Å². The Morgan fingerprint density at radius 2 is 1.82 bits per heavy atom. The molecular weight excluding hydrogens is 419 g/mol. The van der Waals surface area contributed by atoms with Crippen LogP contribution in [-0.4, -0.2) is 61.8 Å². The van der Waals surface area contributed by atoms with Crippen LogP contribution in [0.3, 0.4) is 0 Å². The van der Waals surface area contributed by atoms with Crippen molar-refractivity contribution in [3.63, 3.8) is 0 Å². The van der Waals surface area contributed by atoms with Crippen molar-refractivity contribution in [3.8, 4) is 0 Å². The fraction of sp³-hybridized carbons (Fsp3) is 0.588. The lowest BCUT2D eigenvalue weighted by Crippen LogP contribution is -2.55. The summed E-state index contributed by atoms with van der Waals surface area (Å²) in [4.78, 5) is 13.5. The van der Waals surface area contributed by atoms with Crippen LogP contribution in [-0.2, 0) is 21.0 Å². The Labute approximate surface area is 166 Å². The van der Waals surface area contributed by atoms with Crippen molar-refractivity contribution >= 4 is 27.5 Å². The van der Waals surface area contributed by atoms with E-state index in [9.17, 15) is 26.4 Å². The number of carbonyl (C=O) groups excluding carboxylic acids is 1. The van der Waals surface area contributed by atoms with Crippen molar-refractivity contribution in [1.29, 1.82) is 0 Å². The summed E-state index contributed by atoms with van der Waals surface area (Å²) in [6.07, 6.45) is -2.72. The Hall–Kier alpha value is -1.36. The monoisotopic (exact) mass is 439 g/mol. The average molecular weight is 440 g/mol. The standard InChI is InChI=1S/C17H21ClF3N3O3S/c1-11(16(25)22-13-3-4-13)23-6-8-24(9-7-23)28(26,27)15-10-12(17(19,20)21)2-5-14(15)18/h2,5,10-11,13H,3-4,6-9H2,1H3,(H,22,25). The molecule has 0 bridgehead atoms. The van der Waals surface area contributed by atoms with Gasteiger partial charge in [0.25, 0.3) is 0 Å². The summed E-state index contributed by atoms with van der Waals surface area (Å²) in [6, 6.07) is 2.09. The Morgan fingerprint density at radius 3 is 2.36 bits per heavy atom. The van der Waals surface area contributed by atoms with E-state index < -0.39 is 32.7 Å². The molecule has 1 aromatic rings. The Balaban J connectivity index is 1.70. The van der Waals surface area contributed by atoms with Gasteiger partial charge >= 0.3 is 6.18 Å². The SMILES string of the molecule is CC(C(=O)NC1CC1)N1CCN(S(=O)(=O)c2cc(C(F)(F)F)ccc2Cl)CC1. The van der Waals surface area contributed by atoms with E-state index in [1.165, 1.54) is 0 Å². The van der Waals surface area contributed by atoms with Gasteiger partial charge in [0.15, 0.2) is 0 Å². The first-order valence-electron chi connectivity index (χ1n) is 8.91. The van der Waals surface area contributed by atoms with E-state index in [2.05, 4.69) is 5.32 Å². The number of sulfonamides is 1. The highest BCUT2D eigenvalue weighted by Gasteiger charge is 2.36. The summed E-state index contributed by atoms with van der Waals surface area (Å²) >= 11 is 5.89. The molecule has 1 atom stereocenters. The largest absolute Gasteiger partial charge is 0.416 e. The van der Waals surface area contributed by atoms with Crippen molar-refractivity contribution in [2.45, 2.75) is 42.9 Å². The average Bonchev–Trinajstić information content (AvgIpc) is 3.44. The van der Waals surface area contributed by atoms with Crippen LogP contribution in [0.1, 0.15) is 25.3 Å². The van der Waals surface area contributed by atoms with Crippen LogP contribution in [0.2, 0.25) is 5.02 Å². The molecule has 1 aliphatic heterocycles. The Bertz CT molecular complexity index is 851. The second-order valence-electron chi connectivity index (χ2n) is 7.04. The summed E-state index contributed by atoms with van der Waals surface area (Å²) in [5.74, 6) is -0.0975. The van der Waals surface area contributed by atoms with Crippen LogP contribution in [0.15, 0.2) is 23.1 Å². The van der Waals surface area contributed by atoms with Gasteiger partial charge in [-0.2, -0.15) is 17.5 Å². The molecule has 1 N–H and O–H groups in total. The second kappa shape index (κ2) is 7.81. The van der Waals surface area contributed by atoms with Crippen molar-refractivity contribution < 1.29 is 26.4 Å². The molecular formula is C17H21ClF3N3O3S. The summed E-state index contributed by atoms with van der Waals surface area (Å²) in [7, 11) is -4.18. The Morgan fingerprint density at radius 1 is 1.21 bits per heavy atom. The number of hydrogen-bond acceptors (Lipinski definition) is 4. The molecule has 11 heteroatoms. The van der Waals surface area contributed by atoms with Crippen molar-refractivity contribution in [1.82, 2.24) is 14.5 Å². The van der Waals surface area contributed by atoms with Crippen LogP contribution >= 0.6 is 11.6 Å². The lowest BCUT2D eigenvalue weighted by atomic mass is 10.2. The molecule has 28 heavy (non-hydrogen) atoms. The molecule has 1 amide bonds. The van der Waals surface area contributed by atoms with Crippen LogP contribution < -0.4 is 5.32 Å². The van der Waals surface area contributed by atoms with Gasteiger partial charge in [0, 0.05) is 32.2 Å². The molecule has 1 saturated carbocycles. The van der Waals surface area contributed by atoms with E-state index >= 15 is 0 Å². The highest BCUT2D eigenvalue weighted by atomic mass is 35.5. The van der Waals surface area contributed by atoms with Gasteiger partial charge in [0.2, 0.25) is 15.9 Å². The van der Waals surface area contributed by atoms with Gasteiger partial charge < -0.3 is 5.32 Å². The predicted molar refractivity (Wildman–Crippen MR) is 97.4 cm³/mol. The molecule has 1 saturated heterocycles. The fourth-order valence-electron chi connectivity index (χ4n) is 3.06. The number of hydrogen-bond donors (Lipinski definition) is 1. The third-order valence-corrected chi connectivity index (χ3v) is 7.38. The molecule has 0 aromatic heterocycles. The lowest BCUT2D eigenvalue weighted by Gasteiger charge is -2.36. The number of nitrogens with one attached hydrogen (secondary N) is 1. The van der Waals surface area contributed by atoms with Gasteiger partial charge in [-0.05, 0) is 38.0 Å². The van der Waals surface area contributed by atoms with Crippen LogP contribution in [0.25, 0.3) is 0 Å². The zero-order chi connectivity index (χ0) is 20.7. The normalized spacial score (nSPS) is 20.8. The molecule has 2 aliphatic rings. The smallest absolute Gasteiger partial charge is 0.352 e. The maximum absolute atomic E-state index is 12.9. The van der Waals surface area contributed by atoms with Gasteiger partial charge in [-0.15, -0.1) is 0 Å². The first kappa shape index (κ1) is 21.4. The van der Waals surface area contributed by atoms with Gasteiger partial charge in [-0.1, -0.05) is 11.6 Å². The molecule has 0 radical (unpaired) electrons. The summed E-state index contributed by atoms with van der Waals surface area (Å²) in [6.45, 7) is 2.49. The minimum atomic E-state index is -4.67. The Kier molecular flexibility index (Phi) is 5.96. The van der Waals surface area contributed by atoms with E-state index in [0.29, 0.717) is 19.2 Å². The number of benzene rings is 1. The number of alkyl halides is 3. The van der Waals surface area contributed by atoms with E-state index in [-0.39, 0.29) is 30.1 Å². The second-order valence-corrected chi connectivity index (χ2v) is 9.36. The van der Waals surface area contributed by atoms with Crippen molar-refractivity contribution in [2.75, 3.05) is 26.2 Å². The number of carbonyl (C=O) groups is 1. The van der Waals surface area contributed by atoms with Gasteiger partial charge in [0.05, 0.1) is 16.6 Å². The number of nitrogens with zero attached hydrogens (tertiary/aromatic N) is 2. The van der Waals surface area contributed by atoms with Gasteiger partial charge in [0.1, 0.15) is 4.90 Å². The van der Waals surface area contributed by atoms with Gasteiger partial charge in [-0.3, -0.25) is 9.69 Å². The molecule has 6 nitrogen and oxygen atoms in total. The minimum absolute atomic E-state index is 0.0654. The summed E-state index contributed by atoms with van der Waals surface area (Å²) in [5.41, 5.74) is -1.07. The van der Waals surface area contributed by atoms with Crippen LogP contribution in [0.4, 0.5) is 13.2 Å². The van der Waals surface area contributed by atoms with Crippen molar-refractivity contribution in [3.05, 3.63) is 28.8 Å². The third kappa shape index (κ3) is 4.61. The number of amides is 1. The predicted octanol–water partition coefficient (Wildman–Crippen LogP) is 2.33. The maximum atomic E-state index is 12.9. The topological polar surface area (TPSA) is 69.7 Å². The first-order valence-corrected chi connectivity index (χ1v) is 10.7. The molecule has 2 fully saturated rings. The molecule has 3 rings (SSSR count). The van der Waals surface area contributed by atoms with E-state index in [4.69, 9.17) is 11.6 Å². The molecule has 1 unspecified atom stereocenters. The first-order chi connectivity index (χ1) is 13.0. The lowest BCUT2D eigenvalue weighted by molar-refractivity contribution is -0.137. The number of piperazine rings is 1. The quantitative estimate of drug-likeness (QED) is 0.764.